The molecule has 0 aromatic heterocycles. The number of unbranched alkanes of at least 4 members (excludes halogenated alkanes) is 10. The molecular formula is C70H128N2O29. The van der Waals surface area contributed by atoms with Gasteiger partial charge < -0.3 is 152 Å². The Kier molecular flexibility index (Phi) is 40.3. The molecule has 6 fully saturated rings. The second-order valence-electron chi connectivity index (χ2n) is 29.1. The molecule has 34 atom stereocenters. The Labute approximate surface area is 593 Å². The molecule has 6 rings (SSSR count). The second-order valence-corrected chi connectivity index (χ2v) is 29.1. The van der Waals surface area contributed by atoms with Gasteiger partial charge in [-0.25, -0.2) is 0 Å². The molecule has 0 radical (unpaired) electrons. The summed E-state index contributed by atoms with van der Waals surface area (Å²) in [6.45, 7) is 2.95. The lowest BCUT2D eigenvalue weighted by atomic mass is 9.78. The first kappa shape index (κ1) is 89.4. The highest BCUT2D eigenvalue weighted by atomic mass is 16.6. The van der Waals surface area contributed by atoms with Gasteiger partial charge >= 0.3 is 0 Å². The van der Waals surface area contributed by atoms with Crippen LogP contribution in [0.25, 0.3) is 0 Å². The average molecular weight is 1460 g/mol. The second kappa shape index (κ2) is 45.6. The number of ether oxygens (including phenoxy) is 6. The van der Waals surface area contributed by atoms with Crippen LogP contribution in [-0.4, -0.2) is 342 Å². The lowest BCUT2D eigenvalue weighted by molar-refractivity contribution is -0.262. The number of amides is 1. The molecule has 0 aromatic rings. The summed E-state index contributed by atoms with van der Waals surface area (Å²) in [5.41, 5.74) is 6.06. The van der Waals surface area contributed by atoms with Gasteiger partial charge in [0.25, 0.3) is 0 Å². The summed E-state index contributed by atoms with van der Waals surface area (Å²) in [7, 11) is 0. The molecule has 0 spiro atoms. The maximum Gasteiger partial charge on any atom is 0.220 e. The van der Waals surface area contributed by atoms with Gasteiger partial charge in [-0.15, -0.1) is 0 Å². The smallest absolute Gasteiger partial charge is 0.220 e. The third kappa shape index (κ3) is 25.2. The first-order valence-electron chi connectivity index (χ1n) is 37.0. The number of allylic oxidation sites excluding steroid dienone is 2. The molecule has 0 bridgehead atoms. The average Bonchev–Trinajstić information content (AvgIpc) is 0.785. The molecular weight excluding hydrogens is 1330 g/mol. The number of aliphatic hydroxyl groups is 22. The van der Waals surface area contributed by atoms with Crippen LogP contribution in [0, 0.1) is 35.5 Å². The van der Waals surface area contributed by atoms with E-state index in [1.807, 2.05) is 12.2 Å². The van der Waals surface area contributed by atoms with Gasteiger partial charge in [0.15, 0.2) is 0 Å². The third-order valence-electron chi connectivity index (χ3n) is 21.5. The molecule has 6 aliphatic rings. The van der Waals surface area contributed by atoms with E-state index in [0.29, 0.717) is 6.42 Å². The van der Waals surface area contributed by atoms with E-state index < -0.39 is 246 Å². The van der Waals surface area contributed by atoms with Crippen molar-refractivity contribution >= 4 is 5.91 Å². The van der Waals surface area contributed by atoms with Gasteiger partial charge in [-0.1, -0.05) is 96.4 Å². The topological polar surface area (TPSA) is 556 Å². The fourth-order valence-corrected chi connectivity index (χ4v) is 14.9. The van der Waals surface area contributed by atoms with Crippen LogP contribution >= 0.6 is 0 Å². The Morgan fingerprint density at radius 2 is 0.673 bits per heavy atom. The van der Waals surface area contributed by atoms with Crippen molar-refractivity contribution in [1.82, 2.24) is 5.32 Å². The van der Waals surface area contributed by atoms with Crippen molar-refractivity contribution in [3.05, 3.63) is 24.3 Å². The van der Waals surface area contributed by atoms with Crippen LogP contribution in [0.2, 0.25) is 0 Å². The van der Waals surface area contributed by atoms with Gasteiger partial charge in [0, 0.05) is 81.6 Å². The summed E-state index contributed by atoms with van der Waals surface area (Å²) in [4.78, 5) is 12.8. The van der Waals surface area contributed by atoms with E-state index in [4.69, 9.17) is 34.2 Å². The van der Waals surface area contributed by atoms with Crippen LogP contribution in [0.3, 0.4) is 0 Å². The van der Waals surface area contributed by atoms with E-state index in [9.17, 15) is 117 Å². The van der Waals surface area contributed by atoms with Crippen molar-refractivity contribution in [2.24, 2.45) is 41.2 Å². The molecule has 1 amide bonds. The Bertz CT molecular complexity index is 2300. The molecule has 30 unspecified atom stereocenters. The van der Waals surface area contributed by atoms with Crippen LogP contribution in [0.5, 0.6) is 0 Å². The predicted octanol–water partition coefficient (Wildman–Crippen LogP) is -4.95. The van der Waals surface area contributed by atoms with E-state index >= 15 is 0 Å². The van der Waals surface area contributed by atoms with E-state index in [1.54, 1.807) is 12.2 Å². The summed E-state index contributed by atoms with van der Waals surface area (Å²) in [6, 6.07) is -1.64. The van der Waals surface area contributed by atoms with Crippen LogP contribution in [0.1, 0.15) is 149 Å². The van der Waals surface area contributed by atoms with Gasteiger partial charge in [-0.3, -0.25) is 4.79 Å². The summed E-state index contributed by atoms with van der Waals surface area (Å²) in [5.74, 6) is -5.14. The van der Waals surface area contributed by atoms with Crippen molar-refractivity contribution < 1.29 is 146 Å². The van der Waals surface area contributed by atoms with Gasteiger partial charge in [0.2, 0.25) is 5.91 Å². The molecule has 592 valence electrons. The number of nitrogens with one attached hydrogen (secondary N) is 1. The highest BCUT2D eigenvalue weighted by molar-refractivity contribution is 5.76. The number of hydrogen-bond donors (Lipinski definition) is 24. The number of hydrogen-bond acceptors (Lipinski definition) is 30. The summed E-state index contributed by atoms with van der Waals surface area (Å²) >= 11 is 0. The predicted molar refractivity (Wildman–Crippen MR) is 361 cm³/mol. The fourth-order valence-electron chi connectivity index (χ4n) is 14.9. The van der Waals surface area contributed by atoms with Crippen LogP contribution in [-0.2, 0) is 33.2 Å². The number of nitrogens with two attached hydrogens (primary N) is 1. The van der Waals surface area contributed by atoms with E-state index in [-0.39, 0.29) is 64.1 Å². The molecule has 101 heavy (non-hydrogen) atoms. The van der Waals surface area contributed by atoms with Gasteiger partial charge in [-0.2, -0.15) is 0 Å². The molecule has 31 nitrogen and oxygen atoms in total. The lowest BCUT2D eigenvalue weighted by Crippen LogP contribution is -2.63. The monoisotopic (exact) mass is 1460 g/mol. The van der Waals surface area contributed by atoms with Crippen molar-refractivity contribution in [3.8, 4) is 0 Å². The number of carbonyl (C=O) groups excluding carboxylic acids is 1. The zero-order valence-electron chi connectivity index (χ0n) is 59.0. The minimum Gasteiger partial charge on any atom is -0.396 e. The maximum atomic E-state index is 12.8. The lowest BCUT2D eigenvalue weighted by Gasteiger charge is -2.48. The largest absolute Gasteiger partial charge is 0.396 e. The molecule has 6 saturated carbocycles. The maximum absolute atomic E-state index is 12.8. The Balaban J connectivity index is 0.000000370. The van der Waals surface area contributed by atoms with E-state index in [2.05, 4.69) is 26.1 Å². The van der Waals surface area contributed by atoms with Crippen molar-refractivity contribution in [1.29, 1.82) is 0 Å². The minimum absolute atomic E-state index is 0.000738. The van der Waals surface area contributed by atoms with Crippen molar-refractivity contribution in [2.75, 3.05) is 52.9 Å². The Hall–Kier alpha value is -2.21. The number of aliphatic hydroxyl groups excluding tert-OH is 22. The quantitative estimate of drug-likeness (QED) is 0.0202. The first-order chi connectivity index (χ1) is 48.2. The van der Waals surface area contributed by atoms with E-state index in [0.717, 1.165) is 77.0 Å². The van der Waals surface area contributed by atoms with Crippen molar-refractivity contribution in [2.45, 2.75) is 320 Å². The van der Waals surface area contributed by atoms with E-state index in [1.165, 1.54) is 0 Å². The standard InChI is InChI=1S/C39H71NO15.C31H57NO14/c1-3-5-7-9-11-13-26(44)25(40-30(45)14-12-10-8-6-4-2)21-53-27-16-23(19-42)38(36(51)32(27)47)55-29-17-24(20-43)39(37(52)34(29)49)54-28-15-22(18-41)31(46)35(50)33(28)48;1-2-3-4-5-6-7-19(36)18(32)14-44-20-9-16(12-34)30(28(42)24(20)38)46-22-10-17(13-35)31(29(43)26(22)40)45-21-8-15(11-33)23(37)27(41)25(21)39/h11,13,22-29,31-39,41-44,46-52H,3-10,12,14-21H2,1-2H3,(H,40,45);6-7,15-31,33-43H,2-5,8-14,32H2,1H3/b13-11+;7-6+/t22?,23?,24?,25-,26+,27?,28?,29?,31?,32?,33?,34?,35?,36?,37?,38?,39?;15?,16?,17?,18-,19+,20?,21?,22?,23?,24?,25?,26?,27?,28?,29?,30?,31?/m00/s1. The summed E-state index contributed by atoms with van der Waals surface area (Å²) in [6.07, 6.45) is -15.8. The molecule has 25 N–H and O–H groups in total. The highest BCUT2D eigenvalue weighted by Crippen LogP contribution is 2.41. The third-order valence-corrected chi connectivity index (χ3v) is 21.5. The van der Waals surface area contributed by atoms with Gasteiger partial charge in [0.05, 0.1) is 111 Å². The van der Waals surface area contributed by atoms with Gasteiger partial charge in [-0.05, 0) is 70.6 Å². The zero-order chi connectivity index (χ0) is 74.8. The van der Waals surface area contributed by atoms with Crippen LogP contribution in [0.4, 0.5) is 0 Å². The fraction of sp³-hybridized carbons (Fsp3) is 0.929. The number of rotatable bonds is 39. The highest BCUT2D eigenvalue weighted by Gasteiger charge is 2.55. The minimum atomic E-state index is -1.68. The molecule has 31 heteroatoms. The molecule has 0 aliphatic heterocycles. The van der Waals surface area contributed by atoms with Gasteiger partial charge in [0.1, 0.15) is 73.2 Å². The summed E-state index contributed by atoms with van der Waals surface area (Å²) in [5, 5.41) is 235. The molecule has 0 saturated heterocycles. The Morgan fingerprint density at radius 3 is 1.03 bits per heavy atom. The SMILES string of the molecule is CCCCC/C=C/[C@@H](O)[C@@H](N)COC1CC(CO)C(OC2CC(CO)C(OC3CC(CO)C(O)C(O)C3O)C(O)C2O)C(O)C1O.CCCCC/C=C/[C@@H](O)[C@H](COC1CC(CO)C(OC2CC(CO)C(OC3CC(CO)C(O)C(O)C3O)C(O)C2O)C(O)C1O)NC(=O)CCCCCCC. The Morgan fingerprint density at radius 1 is 0.376 bits per heavy atom. The molecule has 0 heterocycles. The van der Waals surface area contributed by atoms with Crippen LogP contribution < -0.4 is 11.1 Å². The first-order valence-corrected chi connectivity index (χ1v) is 37.0. The zero-order valence-corrected chi connectivity index (χ0v) is 59.0. The normalized spacial score (nSPS) is 40.7. The summed E-state index contributed by atoms with van der Waals surface area (Å²) < 4.78 is 35.7. The van der Waals surface area contributed by atoms with Crippen LogP contribution in [0.15, 0.2) is 24.3 Å². The molecule has 0 aromatic carbocycles. The molecule has 6 aliphatic carbocycles. The van der Waals surface area contributed by atoms with Crippen molar-refractivity contribution in [3.63, 3.8) is 0 Å². The number of carbonyl (C=O) groups is 1.